The summed E-state index contributed by atoms with van der Waals surface area (Å²) in [6.07, 6.45) is 4.12. The summed E-state index contributed by atoms with van der Waals surface area (Å²) in [4.78, 5) is 29.2. The van der Waals surface area contributed by atoms with Crippen LogP contribution in [0, 0.1) is 6.92 Å². The second kappa shape index (κ2) is 11.6. The van der Waals surface area contributed by atoms with Crippen LogP contribution < -0.4 is 26.2 Å². The molecule has 0 bridgehead atoms. The van der Waals surface area contributed by atoms with E-state index in [9.17, 15) is 9.59 Å². The third-order valence-electron chi connectivity index (χ3n) is 4.63. The number of nitrogens with one attached hydrogen (secondary N) is 3. The smallest absolute Gasteiger partial charge is 0.256 e. The Morgan fingerprint density at radius 1 is 1.31 bits per heavy atom. The van der Waals surface area contributed by atoms with E-state index in [0.717, 1.165) is 23.5 Å². The molecular formula is C19H27Cl2N5O3. The molecule has 0 atom stereocenters. The fraction of sp³-hybridized carbons (Fsp3) is 0.421. The molecule has 0 spiro atoms. The van der Waals surface area contributed by atoms with Gasteiger partial charge in [-0.1, -0.05) is 0 Å². The Morgan fingerprint density at radius 3 is 2.83 bits per heavy atom. The Bertz CT molecular complexity index is 889. The van der Waals surface area contributed by atoms with Gasteiger partial charge >= 0.3 is 0 Å². The summed E-state index contributed by atoms with van der Waals surface area (Å²) in [7, 11) is 1.48. The number of amides is 1. The molecule has 0 fully saturated rings. The number of carbonyl (C=O) groups is 1. The highest BCUT2D eigenvalue weighted by Gasteiger charge is 2.23. The number of ether oxygens (including phenoxy) is 1. The maximum Gasteiger partial charge on any atom is 0.256 e. The molecule has 1 aliphatic rings. The largest absolute Gasteiger partial charge is 0.496 e. The molecule has 3 heterocycles. The Hall–Kier alpha value is -2.29. The minimum Gasteiger partial charge on any atom is -0.496 e. The van der Waals surface area contributed by atoms with Crippen LogP contribution in [0.25, 0.3) is 0 Å². The summed E-state index contributed by atoms with van der Waals surface area (Å²) in [5.41, 5.74) is 3.06. The van der Waals surface area contributed by atoms with E-state index in [0.29, 0.717) is 43.9 Å². The molecule has 0 aromatic carbocycles. The quantitative estimate of drug-likeness (QED) is 0.583. The lowest BCUT2D eigenvalue weighted by atomic mass is 10.1. The Balaban J connectivity index is 0.00000210. The molecule has 1 aliphatic heterocycles. The summed E-state index contributed by atoms with van der Waals surface area (Å²) < 4.78 is 6.99. The molecule has 8 nitrogen and oxygen atoms in total. The van der Waals surface area contributed by atoms with Crippen molar-refractivity contribution >= 4 is 36.4 Å². The number of aryl methyl sites for hydroxylation is 1. The average molecular weight is 444 g/mol. The van der Waals surface area contributed by atoms with Crippen LogP contribution in [-0.4, -0.2) is 48.7 Å². The lowest BCUT2D eigenvalue weighted by molar-refractivity contribution is 0.0950. The summed E-state index contributed by atoms with van der Waals surface area (Å²) in [5.74, 6) is 0.0920. The van der Waals surface area contributed by atoms with Gasteiger partial charge in [-0.25, -0.2) is 0 Å². The molecule has 10 heteroatoms. The Morgan fingerprint density at radius 2 is 2.10 bits per heavy atom. The predicted octanol–water partition coefficient (Wildman–Crippen LogP) is 1.39. The van der Waals surface area contributed by atoms with E-state index in [1.54, 1.807) is 17.0 Å². The monoisotopic (exact) mass is 443 g/mol. The number of halogens is 2. The zero-order chi connectivity index (χ0) is 19.2. The van der Waals surface area contributed by atoms with Crippen LogP contribution in [0.4, 0.5) is 5.69 Å². The van der Waals surface area contributed by atoms with Gasteiger partial charge in [-0.05, 0) is 18.6 Å². The average Bonchev–Trinajstić information content (AvgIpc) is 2.92. The number of nitrogens with zero attached hydrogens (tertiary/aromatic N) is 2. The third-order valence-corrected chi connectivity index (χ3v) is 4.63. The Labute approximate surface area is 182 Å². The third kappa shape index (κ3) is 5.85. The molecule has 3 rings (SSSR count). The molecule has 0 aliphatic carbocycles. The summed E-state index contributed by atoms with van der Waals surface area (Å²) in [6.45, 7) is 4.96. The molecular weight excluding hydrogens is 417 g/mol. The number of pyridine rings is 2. The van der Waals surface area contributed by atoms with Crippen molar-refractivity contribution in [3.05, 3.63) is 51.7 Å². The van der Waals surface area contributed by atoms with Crippen LogP contribution in [0.1, 0.15) is 21.6 Å². The molecule has 2 aromatic heterocycles. The molecule has 1 amide bonds. The molecule has 3 N–H and O–H groups in total. The lowest BCUT2D eigenvalue weighted by Gasteiger charge is -2.17. The van der Waals surface area contributed by atoms with Crippen LogP contribution in [0.5, 0.6) is 5.75 Å². The number of hydrogen-bond donors (Lipinski definition) is 3. The van der Waals surface area contributed by atoms with Crippen LogP contribution in [0.3, 0.4) is 0 Å². The van der Waals surface area contributed by atoms with Crippen molar-refractivity contribution in [2.45, 2.75) is 19.9 Å². The SMILES string of the molecule is COc1cc(=O)n2c(c1C(=O)NCCNc1ccncc1C)CCNCC2.Cl.Cl. The van der Waals surface area contributed by atoms with Crippen LogP contribution in [0.2, 0.25) is 0 Å². The minimum atomic E-state index is -0.231. The van der Waals surface area contributed by atoms with Crippen molar-refractivity contribution in [1.29, 1.82) is 0 Å². The predicted molar refractivity (Wildman–Crippen MR) is 118 cm³/mol. The molecule has 29 heavy (non-hydrogen) atoms. The normalized spacial score (nSPS) is 12.5. The summed E-state index contributed by atoms with van der Waals surface area (Å²) >= 11 is 0. The van der Waals surface area contributed by atoms with Gasteiger partial charge in [0.05, 0.1) is 7.11 Å². The first-order valence-corrected chi connectivity index (χ1v) is 9.06. The van der Waals surface area contributed by atoms with E-state index in [2.05, 4.69) is 20.9 Å². The highest BCUT2D eigenvalue weighted by atomic mass is 35.5. The van der Waals surface area contributed by atoms with Crippen molar-refractivity contribution in [2.75, 3.05) is 38.6 Å². The van der Waals surface area contributed by atoms with Gasteiger partial charge in [0.2, 0.25) is 0 Å². The number of anilines is 1. The number of carbonyl (C=O) groups excluding carboxylic acids is 1. The summed E-state index contributed by atoms with van der Waals surface area (Å²) in [5, 5.41) is 9.45. The van der Waals surface area contributed by atoms with Crippen molar-refractivity contribution in [3.8, 4) is 5.75 Å². The van der Waals surface area contributed by atoms with Gasteiger partial charge in [-0.2, -0.15) is 0 Å². The van der Waals surface area contributed by atoms with E-state index >= 15 is 0 Å². The van der Waals surface area contributed by atoms with Gasteiger partial charge in [0.15, 0.2) is 0 Å². The van der Waals surface area contributed by atoms with E-state index in [4.69, 9.17) is 4.74 Å². The van der Waals surface area contributed by atoms with Crippen molar-refractivity contribution < 1.29 is 9.53 Å². The zero-order valence-corrected chi connectivity index (χ0v) is 18.1. The van der Waals surface area contributed by atoms with Crippen LogP contribution in [0.15, 0.2) is 29.3 Å². The summed E-state index contributed by atoms with van der Waals surface area (Å²) in [6, 6.07) is 3.29. The number of rotatable bonds is 6. The molecule has 0 saturated carbocycles. The van der Waals surface area contributed by atoms with Gasteiger partial charge in [0.1, 0.15) is 11.3 Å². The molecule has 160 valence electrons. The second-order valence-electron chi connectivity index (χ2n) is 6.40. The number of aromatic nitrogens is 2. The van der Waals surface area contributed by atoms with Crippen molar-refractivity contribution in [1.82, 2.24) is 20.2 Å². The van der Waals surface area contributed by atoms with Gasteiger partial charge in [-0.15, -0.1) is 24.8 Å². The first-order valence-electron chi connectivity index (χ1n) is 9.06. The lowest BCUT2D eigenvalue weighted by Crippen LogP contribution is -2.33. The molecule has 2 aromatic rings. The molecule has 0 radical (unpaired) electrons. The minimum absolute atomic E-state index is 0. The Kier molecular flexibility index (Phi) is 9.94. The van der Waals surface area contributed by atoms with Gasteiger partial charge in [0, 0.05) is 69.0 Å². The zero-order valence-electron chi connectivity index (χ0n) is 16.5. The molecule has 0 saturated heterocycles. The fourth-order valence-corrected chi connectivity index (χ4v) is 3.24. The van der Waals surface area contributed by atoms with Gasteiger partial charge in [0.25, 0.3) is 11.5 Å². The number of fused-ring (bicyclic) bond motifs is 1. The van der Waals surface area contributed by atoms with Crippen LogP contribution in [-0.2, 0) is 13.0 Å². The number of methoxy groups -OCH3 is 1. The van der Waals surface area contributed by atoms with E-state index < -0.39 is 0 Å². The van der Waals surface area contributed by atoms with E-state index in [-0.39, 0.29) is 36.3 Å². The van der Waals surface area contributed by atoms with Gasteiger partial charge < -0.3 is 25.3 Å². The first-order chi connectivity index (χ1) is 13.1. The van der Waals surface area contributed by atoms with Crippen LogP contribution >= 0.6 is 24.8 Å². The first kappa shape index (κ1) is 24.7. The highest BCUT2D eigenvalue weighted by Crippen LogP contribution is 2.21. The van der Waals surface area contributed by atoms with Gasteiger partial charge in [-0.3, -0.25) is 14.6 Å². The topological polar surface area (TPSA) is 97.3 Å². The fourth-order valence-electron chi connectivity index (χ4n) is 3.24. The highest BCUT2D eigenvalue weighted by molar-refractivity contribution is 5.98. The molecule has 0 unspecified atom stereocenters. The number of hydrogen-bond acceptors (Lipinski definition) is 6. The van der Waals surface area contributed by atoms with E-state index in [1.807, 2.05) is 13.0 Å². The van der Waals surface area contributed by atoms with Crippen molar-refractivity contribution in [3.63, 3.8) is 0 Å². The second-order valence-corrected chi connectivity index (χ2v) is 6.40. The standard InChI is InChI=1S/C19H25N5O3.2ClH/c1-13-12-21-5-3-14(13)22-7-8-23-19(26)18-15-4-6-20-9-10-24(15)17(25)11-16(18)27-2;;/h3,5,11-12,20H,4,6-10H2,1-2H3,(H,21,22)(H,23,26);2*1H. The van der Waals surface area contributed by atoms with Crippen molar-refractivity contribution in [2.24, 2.45) is 0 Å². The maximum absolute atomic E-state index is 12.8. The van der Waals surface area contributed by atoms with E-state index in [1.165, 1.54) is 13.2 Å². The maximum atomic E-state index is 12.8.